The summed E-state index contributed by atoms with van der Waals surface area (Å²) in [6, 6.07) is 26.6. The highest BCUT2D eigenvalue weighted by atomic mass is 32.1. The van der Waals surface area contributed by atoms with Gasteiger partial charge >= 0.3 is 5.97 Å². The van der Waals surface area contributed by atoms with Gasteiger partial charge < -0.3 is 9.84 Å². The standard InChI is InChI=1S/C27H24N2O3S/c30-27(31)23-16-29(17-23)15-19-6-8-22(9-7-19)26-28-14-25(33-26)21-10-12-24(13-11-21)32-18-20-4-2-1-3-5-20/h1-14,23H,15-18H2,(H,30,31). The molecule has 33 heavy (non-hydrogen) atoms. The second kappa shape index (κ2) is 9.57. The third-order valence-electron chi connectivity index (χ3n) is 5.81. The summed E-state index contributed by atoms with van der Waals surface area (Å²) in [5.41, 5.74) is 4.54. The van der Waals surface area contributed by atoms with E-state index in [0.717, 1.165) is 38.9 Å². The molecular formula is C27H24N2O3S. The number of rotatable bonds is 8. The normalized spacial score (nSPS) is 14.1. The maximum Gasteiger partial charge on any atom is 0.309 e. The van der Waals surface area contributed by atoms with E-state index in [4.69, 9.17) is 9.84 Å². The molecule has 166 valence electrons. The summed E-state index contributed by atoms with van der Waals surface area (Å²) in [5.74, 6) is -0.0715. The molecule has 0 amide bonds. The van der Waals surface area contributed by atoms with Crippen molar-refractivity contribution in [1.29, 1.82) is 0 Å². The first-order chi connectivity index (χ1) is 16.1. The largest absolute Gasteiger partial charge is 0.489 e. The van der Waals surface area contributed by atoms with Gasteiger partial charge in [-0.05, 0) is 41.0 Å². The molecule has 0 radical (unpaired) electrons. The van der Waals surface area contributed by atoms with E-state index in [-0.39, 0.29) is 5.92 Å². The predicted molar refractivity (Wildman–Crippen MR) is 130 cm³/mol. The molecule has 1 N–H and O–H groups in total. The van der Waals surface area contributed by atoms with Crippen LogP contribution in [0.1, 0.15) is 11.1 Å². The topological polar surface area (TPSA) is 62.7 Å². The fourth-order valence-electron chi connectivity index (χ4n) is 3.86. The Kier molecular flexibility index (Phi) is 6.19. The Morgan fingerprint density at radius 3 is 2.33 bits per heavy atom. The Morgan fingerprint density at radius 2 is 1.64 bits per heavy atom. The van der Waals surface area contributed by atoms with E-state index in [9.17, 15) is 4.79 Å². The third-order valence-corrected chi connectivity index (χ3v) is 6.90. The summed E-state index contributed by atoms with van der Waals surface area (Å²) < 4.78 is 5.88. The van der Waals surface area contributed by atoms with Gasteiger partial charge in [-0.2, -0.15) is 0 Å². The number of nitrogens with zero attached hydrogens (tertiary/aromatic N) is 2. The molecule has 5 rings (SSSR count). The van der Waals surface area contributed by atoms with E-state index in [1.807, 2.05) is 36.5 Å². The lowest BCUT2D eigenvalue weighted by Gasteiger charge is -2.36. The van der Waals surface area contributed by atoms with E-state index in [1.165, 1.54) is 5.56 Å². The Hall–Kier alpha value is -3.48. The van der Waals surface area contributed by atoms with Gasteiger partial charge in [0.05, 0.1) is 10.8 Å². The fourth-order valence-corrected chi connectivity index (χ4v) is 4.79. The lowest BCUT2D eigenvalue weighted by molar-refractivity contribution is -0.147. The van der Waals surface area contributed by atoms with Gasteiger partial charge in [-0.15, -0.1) is 11.3 Å². The molecule has 0 atom stereocenters. The zero-order valence-corrected chi connectivity index (χ0v) is 18.9. The lowest BCUT2D eigenvalue weighted by atomic mass is 9.99. The number of carboxylic acids is 1. The lowest BCUT2D eigenvalue weighted by Crippen LogP contribution is -2.49. The maximum absolute atomic E-state index is 10.9. The van der Waals surface area contributed by atoms with Crippen LogP contribution in [0.15, 0.2) is 85.1 Å². The predicted octanol–water partition coefficient (Wildman–Crippen LogP) is 5.57. The number of likely N-dealkylation sites (tertiary alicyclic amines) is 1. The van der Waals surface area contributed by atoms with Crippen LogP contribution in [0.3, 0.4) is 0 Å². The van der Waals surface area contributed by atoms with E-state index in [2.05, 4.69) is 58.4 Å². The van der Waals surface area contributed by atoms with Crippen LogP contribution in [0.25, 0.3) is 21.0 Å². The summed E-state index contributed by atoms with van der Waals surface area (Å²) in [6.45, 7) is 2.59. The second-order valence-corrected chi connectivity index (χ2v) is 9.29. The highest BCUT2D eigenvalue weighted by Crippen LogP contribution is 2.33. The first kappa shape index (κ1) is 21.4. The van der Waals surface area contributed by atoms with Gasteiger partial charge in [-0.3, -0.25) is 9.69 Å². The smallest absolute Gasteiger partial charge is 0.309 e. The van der Waals surface area contributed by atoms with Crippen molar-refractivity contribution < 1.29 is 14.6 Å². The van der Waals surface area contributed by atoms with Crippen molar-refractivity contribution in [3.05, 3.63) is 96.2 Å². The van der Waals surface area contributed by atoms with Crippen LogP contribution in [0, 0.1) is 5.92 Å². The number of aliphatic carboxylic acids is 1. The fraction of sp³-hybridized carbons (Fsp3) is 0.185. The Bertz CT molecular complexity index is 1210. The summed E-state index contributed by atoms with van der Waals surface area (Å²) >= 11 is 1.67. The van der Waals surface area contributed by atoms with Crippen molar-refractivity contribution in [3.8, 4) is 26.8 Å². The van der Waals surface area contributed by atoms with Crippen molar-refractivity contribution >= 4 is 17.3 Å². The molecule has 1 aliphatic rings. The molecule has 1 aromatic heterocycles. The summed E-state index contributed by atoms with van der Waals surface area (Å²) in [6.07, 6.45) is 1.92. The van der Waals surface area contributed by atoms with E-state index in [1.54, 1.807) is 11.3 Å². The number of carbonyl (C=O) groups is 1. The number of hydrogen-bond acceptors (Lipinski definition) is 5. The average Bonchev–Trinajstić information content (AvgIpc) is 3.31. The van der Waals surface area contributed by atoms with Gasteiger partial charge in [-0.1, -0.05) is 54.6 Å². The van der Waals surface area contributed by atoms with Gasteiger partial charge in [-0.25, -0.2) is 4.98 Å². The van der Waals surface area contributed by atoms with E-state index < -0.39 is 5.97 Å². The van der Waals surface area contributed by atoms with Crippen LogP contribution in [0.5, 0.6) is 5.75 Å². The number of thiazole rings is 1. The first-order valence-corrected chi connectivity index (χ1v) is 11.7. The molecule has 6 heteroatoms. The minimum absolute atomic E-state index is 0.220. The molecule has 0 bridgehead atoms. The zero-order chi connectivity index (χ0) is 22.6. The van der Waals surface area contributed by atoms with E-state index in [0.29, 0.717) is 19.7 Å². The third kappa shape index (κ3) is 5.13. The number of carboxylic acid groups (broad SMARTS) is 1. The maximum atomic E-state index is 10.9. The molecule has 2 heterocycles. The first-order valence-electron chi connectivity index (χ1n) is 10.9. The molecule has 5 nitrogen and oxygen atoms in total. The molecule has 0 spiro atoms. The van der Waals surface area contributed by atoms with Crippen LogP contribution < -0.4 is 4.74 Å². The molecule has 0 saturated carbocycles. The molecule has 0 unspecified atom stereocenters. The Morgan fingerprint density at radius 1 is 0.939 bits per heavy atom. The van der Waals surface area contributed by atoms with Gasteiger partial charge in [0.15, 0.2) is 0 Å². The average molecular weight is 457 g/mol. The molecule has 3 aromatic carbocycles. The summed E-state index contributed by atoms with van der Waals surface area (Å²) in [7, 11) is 0. The van der Waals surface area contributed by atoms with Crippen molar-refractivity contribution in [2.45, 2.75) is 13.2 Å². The Balaban J connectivity index is 1.19. The Labute approximate surface area is 196 Å². The minimum Gasteiger partial charge on any atom is -0.489 e. The molecular weight excluding hydrogens is 432 g/mol. The highest BCUT2D eigenvalue weighted by molar-refractivity contribution is 7.18. The van der Waals surface area contributed by atoms with Crippen molar-refractivity contribution in [2.75, 3.05) is 13.1 Å². The van der Waals surface area contributed by atoms with Crippen LogP contribution in [0.4, 0.5) is 0 Å². The van der Waals surface area contributed by atoms with Gasteiger partial charge in [0, 0.05) is 31.4 Å². The molecule has 4 aromatic rings. The monoisotopic (exact) mass is 456 g/mol. The number of hydrogen-bond donors (Lipinski definition) is 1. The molecule has 1 saturated heterocycles. The molecule has 1 fully saturated rings. The van der Waals surface area contributed by atoms with Crippen LogP contribution in [-0.4, -0.2) is 34.0 Å². The molecule has 1 aliphatic heterocycles. The van der Waals surface area contributed by atoms with Gasteiger partial charge in [0.25, 0.3) is 0 Å². The van der Waals surface area contributed by atoms with Crippen molar-refractivity contribution in [1.82, 2.24) is 9.88 Å². The van der Waals surface area contributed by atoms with Crippen molar-refractivity contribution in [3.63, 3.8) is 0 Å². The quantitative estimate of drug-likeness (QED) is 0.375. The zero-order valence-electron chi connectivity index (χ0n) is 18.1. The van der Waals surface area contributed by atoms with Crippen molar-refractivity contribution in [2.24, 2.45) is 5.92 Å². The van der Waals surface area contributed by atoms with Gasteiger partial charge in [0.2, 0.25) is 0 Å². The molecule has 0 aliphatic carbocycles. The van der Waals surface area contributed by atoms with Gasteiger partial charge in [0.1, 0.15) is 17.4 Å². The number of benzene rings is 3. The number of ether oxygens (including phenoxy) is 1. The van der Waals surface area contributed by atoms with Crippen LogP contribution in [-0.2, 0) is 17.9 Å². The van der Waals surface area contributed by atoms with Crippen LogP contribution in [0.2, 0.25) is 0 Å². The van der Waals surface area contributed by atoms with Crippen LogP contribution >= 0.6 is 11.3 Å². The second-order valence-electron chi connectivity index (χ2n) is 8.25. The SMILES string of the molecule is O=C(O)C1CN(Cc2ccc(-c3ncc(-c4ccc(OCc5ccccc5)cc4)s3)cc2)C1. The summed E-state index contributed by atoms with van der Waals surface area (Å²) in [4.78, 5) is 18.8. The van der Waals surface area contributed by atoms with E-state index >= 15 is 0 Å². The summed E-state index contributed by atoms with van der Waals surface area (Å²) in [5, 5.41) is 9.99. The minimum atomic E-state index is -0.699. The number of aromatic nitrogens is 1. The highest BCUT2D eigenvalue weighted by Gasteiger charge is 2.32.